The van der Waals surface area contributed by atoms with Crippen molar-refractivity contribution >= 4 is 28.9 Å². The van der Waals surface area contributed by atoms with Crippen molar-refractivity contribution in [3.8, 4) is 0 Å². The van der Waals surface area contributed by atoms with Crippen molar-refractivity contribution in [1.82, 2.24) is 4.90 Å². The second-order valence-electron chi connectivity index (χ2n) is 10.4. The van der Waals surface area contributed by atoms with E-state index < -0.39 is 0 Å². The highest BCUT2D eigenvalue weighted by Crippen LogP contribution is 2.32. The summed E-state index contributed by atoms with van der Waals surface area (Å²) in [6.07, 6.45) is 0.952. The van der Waals surface area contributed by atoms with Crippen molar-refractivity contribution in [3.05, 3.63) is 68.7 Å². The van der Waals surface area contributed by atoms with Crippen molar-refractivity contribution < 1.29 is 9.94 Å². The largest absolute Gasteiger partial charge is 0.411 e. The van der Waals surface area contributed by atoms with Gasteiger partial charge in [-0.25, -0.2) is 0 Å². The third kappa shape index (κ3) is 6.51. The Hall–Kier alpha value is -1.59. The van der Waals surface area contributed by atoms with E-state index in [4.69, 9.17) is 27.9 Å². The van der Waals surface area contributed by atoms with Crippen LogP contribution in [0.5, 0.6) is 0 Å². The van der Waals surface area contributed by atoms with Crippen LogP contribution in [0.3, 0.4) is 0 Å². The maximum atomic E-state index is 10.1. The van der Waals surface area contributed by atoms with E-state index in [1.165, 1.54) is 5.56 Å². The van der Waals surface area contributed by atoms with Crippen LogP contribution >= 0.6 is 23.2 Å². The van der Waals surface area contributed by atoms with Crippen LogP contribution in [0.1, 0.15) is 63.8 Å². The van der Waals surface area contributed by atoms with E-state index in [0.29, 0.717) is 22.2 Å². The van der Waals surface area contributed by atoms with Gasteiger partial charge in [-0.05, 0) is 48.1 Å². The Bertz CT molecular complexity index is 970. The molecule has 180 valence electrons. The summed E-state index contributed by atoms with van der Waals surface area (Å²) in [6, 6.07) is 12.0. The predicted octanol–water partition coefficient (Wildman–Crippen LogP) is 6.81. The molecule has 1 heterocycles. The molecule has 6 heteroatoms. The Morgan fingerprint density at radius 3 is 2.27 bits per heavy atom. The van der Waals surface area contributed by atoms with Gasteiger partial charge in [0, 0.05) is 47.6 Å². The molecule has 3 atom stereocenters. The van der Waals surface area contributed by atoms with E-state index in [2.05, 4.69) is 69.8 Å². The molecule has 4 nitrogen and oxygen atoms in total. The lowest BCUT2D eigenvalue weighted by atomic mass is 9.82. The third-order valence-electron chi connectivity index (χ3n) is 6.28. The number of oxime groups is 1. The van der Waals surface area contributed by atoms with Crippen LogP contribution in [0.2, 0.25) is 10.0 Å². The molecular formula is C27H36Cl2N2O2. The Morgan fingerprint density at radius 2 is 1.73 bits per heavy atom. The first kappa shape index (κ1) is 26.0. The maximum Gasteiger partial charge on any atom is 0.0911 e. The predicted molar refractivity (Wildman–Crippen MR) is 138 cm³/mol. The van der Waals surface area contributed by atoms with E-state index in [9.17, 15) is 5.21 Å². The zero-order chi connectivity index (χ0) is 24.3. The van der Waals surface area contributed by atoms with Gasteiger partial charge in [0.2, 0.25) is 0 Å². The highest BCUT2D eigenvalue weighted by atomic mass is 35.5. The summed E-state index contributed by atoms with van der Waals surface area (Å²) in [5, 5.41) is 15.2. The number of benzene rings is 2. The number of ether oxygens (including phenoxy) is 1. The zero-order valence-electron chi connectivity index (χ0n) is 20.5. The summed E-state index contributed by atoms with van der Waals surface area (Å²) in [5.74, 6) is 0.0356. The van der Waals surface area contributed by atoms with E-state index in [-0.39, 0.29) is 23.5 Å². The van der Waals surface area contributed by atoms with Gasteiger partial charge < -0.3 is 9.94 Å². The topological polar surface area (TPSA) is 45.1 Å². The van der Waals surface area contributed by atoms with Crippen LogP contribution in [0, 0.1) is 5.92 Å². The molecule has 0 aromatic heterocycles. The minimum absolute atomic E-state index is 0.0141. The summed E-state index contributed by atoms with van der Waals surface area (Å²) in [5.41, 5.74) is 4.75. The number of morpholine rings is 1. The van der Waals surface area contributed by atoms with E-state index in [1.807, 2.05) is 18.2 Å². The molecular weight excluding hydrogens is 455 g/mol. The Morgan fingerprint density at radius 1 is 1.12 bits per heavy atom. The molecule has 0 saturated carbocycles. The van der Waals surface area contributed by atoms with Gasteiger partial charge in [-0.2, -0.15) is 0 Å². The number of hydrogen-bond acceptors (Lipinski definition) is 4. The Kier molecular flexibility index (Phi) is 8.50. The van der Waals surface area contributed by atoms with Gasteiger partial charge in [-0.1, -0.05) is 80.3 Å². The van der Waals surface area contributed by atoms with Crippen LogP contribution in [0.4, 0.5) is 0 Å². The standard InChI is InChI=1S/C27H36Cl2N2O2/c1-17(14-31-15-18(2)33-19(3)16-31)26(30-32)22-11-10-21(27(4,5)6)12-20(22)13-23-24(28)8-7-9-25(23)29/h7-12,17-19,32H,13-16H2,1-6H3. The molecule has 1 fully saturated rings. The van der Waals surface area contributed by atoms with E-state index >= 15 is 0 Å². The molecule has 0 bridgehead atoms. The summed E-state index contributed by atoms with van der Waals surface area (Å²) in [4.78, 5) is 2.39. The first-order valence-corrected chi connectivity index (χ1v) is 12.4. The van der Waals surface area contributed by atoms with Crippen molar-refractivity contribution in [2.45, 2.75) is 65.6 Å². The smallest absolute Gasteiger partial charge is 0.0911 e. The fraction of sp³-hybridized carbons (Fsp3) is 0.519. The highest BCUT2D eigenvalue weighted by molar-refractivity contribution is 6.36. The molecule has 3 unspecified atom stereocenters. The highest BCUT2D eigenvalue weighted by Gasteiger charge is 2.27. The molecule has 0 spiro atoms. The van der Waals surface area contributed by atoms with Crippen LogP contribution in [0.15, 0.2) is 41.6 Å². The van der Waals surface area contributed by atoms with Gasteiger partial charge in [-0.15, -0.1) is 0 Å². The van der Waals surface area contributed by atoms with Crippen molar-refractivity contribution in [2.75, 3.05) is 19.6 Å². The normalized spacial score (nSPS) is 21.3. The Labute approximate surface area is 208 Å². The fourth-order valence-corrected chi connectivity index (χ4v) is 5.20. The molecule has 2 aromatic carbocycles. The molecule has 2 aromatic rings. The maximum absolute atomic E-state index is 10.1. The minimum Gasteiger partial charge on any atom is -0.411 e. The number of hydrogen-bond donors (Lipinski definition) is 1. The first-order chi connectivity index (χ1) is 15.5. The zero-order valence-corrected chi connectivity index (χ0v) is 22.0. The second kappa shape index (κ2) is 10.8. The number of nitrogens with zero attached hydrogens (tertiary/aromatic N) is 2. The molecule has 1 aliphatic rings. The van der Waals surface area contributed by atoms with Crippen LogP contribution in [0.25, 0.3) is 0 Å². The molecule has 0 aliphatic carbocycles. The van der Waals surface area contributed by atoms with Gasteiger partial charge in [0.1, 0.15) is 0 Å². The third-order valence-corrected chi connectivity index (χ3v) is 6.99. The average molecular weight is 492 g/mol. The average Bonchev–Trinajstić information content (AvgIpc) is 2.70. The van der Waals surface area contributed by atoms with Gasteiger partial charge in [-0.3, -0.25) is 4.90 Å². The summed E-state index contributed by atoms with van der Waals surface area (Å²) in [6.45, 7) is 15.4. The van der Waals surface area contributed by atoms with Crippen molar-refractivity contribution in [3.63, 3.8) is 0 Å². The summed E-state index contributed by atoms with van der Waals surface area (Å²) < 4.78 is 5.88. The van der Waals surface area contributed by atoms with Crippen molar-refractivity contribution in [1.29, 1.82) is 0 Å². The van der Waals surface area contributed by atoms with Gasteiger partial charge in [0.15, 0.2) is 0 Å². The van der Waals surface area contributed by atoms with Gasteiger partial charge in [0.25, 0.3) is 0 Å². The van der Waals surface area contributed by atoms with Gasteiger partial charge in [0.05, 0.1) is 17.9 Å². The summed E-state index contributed by atoms with van der Waals surface area (Å²) in [7, 11) is 0. The fourth-order valence-electron chi connectivity index (χ4n) is 4.67. The first-order valence-electron chi connectivity index (χ1n) is 11.7. The molecule has 0 radical (unpaired) electrons. The molecule has 0 amide bonds. The SMILES string of the molecule is CC1CN(CC(C)C(=NO)c2ccc(C(C)(C)C)cc2Cc2c(Cl)cccc2Cl)CC(C)O1. The monoisotopic (exact) mass is 490 g/mol. The molecule has 1 aliphatic heterocycles. The number of rotatable bonds is 6. The molecule has 33 heavy (non-hydrogen) atoms. The molecule has 1 saturated heterocycles. The van der Waals surface area contributed by atoms with Crippen LogP contribution in [-0.2, 0) is 16.6 Å². The Balaban J connectivity index is 1.97. The lowest BCUT2D eigenvalue weighted by Crippen LogP contribution is -2.47. The van der Waals surface area contributed by atoms with E-state index in [0.717, 1.165) is 36.3 Å². The van der Waals surface area contributed by atoms with Gasteiger partial charge >= 0.3 is 0 Å². The lowest BCUT2D eigenvalue weighted by molar-refractivity contribution is -0.0693. The van der Waals surface area contributed by atoms with E-state index in [1.54, 1.807) is 0 Å². The van der Waals surface area contributed by atoms with Crippen LogP contribution in [-0.4, -0.2) is 47.7 Å². The van der Waals surface area contributed by atoms with Crippen molar-refractivity contribution in [2.24, 2.45) is 11.1 Å². The molecule has 3 rings (SSSR count). The second-order valence-corrected chi connectivity index (χ2v) is 11.2. The summed E-state index contributed by atoms with van der Waals surface area (Å²) >= 11 is 13.0. The molecule has 1 N–H and O–H groups in total. The number of halogens is 2. The minimum atomic E-state index is -0.0141. The van der Waals surface area contributed by atoms with Crippen LogP contribution < -0.4 is 0 Å². The quantitative estimate of drug-likeness (QED) is 0.274. The lowest BCUT2D eigenvalue weighted by Gasteiger charge is -2.36.